The Morgan fingerprint density at radius 2 is 1.93 bits per heavy atom. The minimum absolute atomic E-state index is 0.0986. The number of benzene rings is 1. The minimum Gasteiger partial charge on any atom is -0.508 e. The first-order valence-electron chi connectivity index (χ1n) is 9.59. The number of hydrogen-bond donors (Lipinski definition) is 2. The first kappa shape index (κ1) is 20.1. The Labute approximate surface area is 166 Å². The molecule has 0 unspecified atom stereocenters. The third-order valence-electron chi connectivity index (χ3n) is 5.16. The molecule has 1 fully saturated rings. The van der Waals surface area contributed by atoms with Gasteiger partial charge in [0.15, 0.2) is 0 Å². The molecule has 0 saturated carbocycles. The zero-order chi connectivity index (χ0) is 19.9. The van der Waals surface area contributed by atoms with Crippen molar-refractivity contribution in [1.82, 2.24) is 25.0 Å². The molecular weight excluding hydrogens is 354 g/mol. The van der Waals surface area contributed by atoms with Crippen LogP contribution < -0.4 is 5.32 Å². The highest BCUT2D eigenvalue weighted by Gasteiger charge is 2.23. The maximum absolute atomic E-state index is 13.0. The van der Waals surface area contributed by atoms with E-state index in [-0.39, 0.29) is 11.8 Å². The van der Waals surface area contributed by atoms with Crippen LogP contribution in [0.2, 0.25) is 0 Å². The Kier molecular flexibility index (Phi) is 6.84. The lowest BCUT2D eigenvalue weighted by Crippen LogP contribution is -2.55. The van der Waals surface area contributed by atoms with Crippen LogP contribution in [0.4, 0.5) is 4.79 Å². The summed E-state index contributed by atoms with van der Waals surface area (Å²) in [5.41, 5.74) is 1.94. The van der Waals surface area contributed by atoms with E-state index in [0.29, 0.717) is 25.7 Å². The first-order chi connectivity index (χ1) is 13.5. The van der Waals surface area contributed by atoms with Gasteiger partial charge in [0.25, 0.3) is 0 Å². The van der Waals surface area contributed by atoms with Crippen molar-refractivity contribution in [3.05, 3.63) is 59.9 Å². The summed E-state index contributed by atoms with van der Waals surface area (Å²) >= 11 is 0. The van der Waals surface area contributed by atoms with Gasteiger partial charge < -0.3 is 20.2 Å². The van der Waals surface area contributed by atoms with Crippen LogP contribution in [0.1, 0.15) is 11.1 Å². The standard InChI is InChI=1S/C21H29N5O2/c1-24-10-11-25(2)19(16-24)13-23-21(28)26(15-18-4-3-9-22-12-18)14-17-5-7-20(27)8-6-17/h3-9,12,19,27H,10-11,13-16H2,1-2H3,(H,23,28)/t19-/m0/s1. The number of urea groups is 1. The molecule has 1 aromatic heterocycles. The summed E-state index contributed by atoms with van der Waals surface area (Å²) < 4.78 is 0. The summed E-state index contributed by atoms with van der Waals surface area (Å²) in [4.78, 5) is 23.5. The van der Waals surface area contributed by atoms with Gasteiger partial charge in [0.1, 0.15) is 5.75 Å². The number of aromatic hydroxyl groups is 1. The molecule has 3 rings (SSSR count). The Balaban J connectivity index is 1.66. The smallest absolute Gasteiger partial charge is 0.318 e. The lowest BCUT2D eigenvalue weighted by atomic mass is 10.2. The minimum atomic E-state index is -0.0986. The topological polar surface area (TPSA) is 71.9 Å². The molecule has 7 nitrogen and oxygen atoms in total. The number of nitrogens with zero attached hydrogens (tertiary/aromatic N) is 4. The van der Waals surface area contributed by atoms with Crippen molar-refractivity contribution in [1.29, 1.82) is 0 Å². The van der Waals surface area contributed by atoms with Crippen LogP contribution in [0.15, 0.2) is 48.8 Å². The van der Waals surface area contributed by atoms with Gasteiger partial charge >= 0.3 is 6.03 Å². The molecule has 0 radical (unpaired) electrons. The molecule has 0 bridgehead atoms. The summed E-state index contributed by atoms with van der Waals surface area (Å²) in [6, 6.07) is 11.0. The van der Waals surface area contributed by atoms with Crippen molar-refractivity contribution in [3.63, 3.8) is 0 Å². The van der Waals surface area contributed by atoms with Crippen molar-refractivity contribution in [2.24, 2.45) is 0 Å². The lowest BCUT2D eigenvalue weighted by molar-refractivity contribution is 0.112. The highest BCUT2D eigenvalue weighted by atomic mass is 16.3. The number of nitrogens with one attached hydrogen (secondary N) is 1. The second kappa shape index (κ2) is 9.52. The molecule has 2 amide bonds. The van der Waals surface area contributed by atoms with Crippen LogP contribution in [0, 0.1) is 0 Å². The number of carbonyl (C=O) groups excluding carboxylic acids is 1. The van der Waals surface area contributed by atoms with E-state index in [4.69, 9.17) is 0 Å². The number of phenolic OH excluding ortho intramolecular Hbond substituents is 1. The van der Waals surface area contributed by atoms with E-state index < -0.39 is 0 Å². The maximum atomic E-state index is 13.0. The van der Waals surface area contributed by atoms with Crippen molar-refractivity contribution >= 4 is 6.03 Å². The number of rotatable bonds is 6. The highest BCUT2D eigenvalue weighted by molar-refractivity contribution is 5.74. The van der Waals surface area contributed by atoms with E-state index in [1.165, 1.54) is 0 Å². The Bertz CT molecular complexity index is 753. The van der Waals surface area contributed by atoms with Crippen LogP contribution in [0.25, 0.3) is 0 Å². The quantitative estimate of drug-likeness (QED) is 0.795. The van der Waals surface area contributed by atoms with Crippen LogP contribution in [0.3, 0.4) is 0 Å². The van der Waals surface area contributed by atoms with Gasteiger partial charge in [-0.2, -0.15) is 0 Å². The number of hydrogen-bond acceptors (Lipinski definition) is 5. The number of carbonyl (C=O) groups is 1. The maximum Gasteiger partial charge on any atom is 0.318 e. The number of piperazine rings is 1. The number of likely N-dealkylation sites (N-methyl/N-ethyl adjacent to an activating group) is 2. The summed E-state index contributed by atoms with van der Waals surface area (Å²) in [5.74, 6) is 0.219. The monoisotopic (exact) mass is 383 g/mol. The van der Waals surface area contributed by atoms with Gasteiger partial charge in [-0.15, -0.1) is 0 Å². The molecule has 1 aliphatic heterocycles. The van der Waals surface area contributed by atoms with E-state index in [2.05, 4.69) is 34.2 Å². The summed E-state index contributed by atoms with van der Waals surface area (Å²) in [7, 11) is 4.22. The number of pyridine rings is 1. The molecular formula is C21H29N5O2. The van der Waals surface area contributed by atoms with E-state index in [1.807, 2.05) is 24.3 Å². The summed E-state index contributed by atoms with van der Waals surface area (Å²) in [6.07, 6.45) is 3.50. The molecule has 2 heterocycles. The predicted octanol–water partition coefficient (Wildman–Crippen LogP) is 1.74. The molecule has 2 aromatic rings. The molecule has 1 atom stereocenters. The van der Waals surface area contributed by atoms with Crippen LogP contribution in [-0.4, -0.2) is 77.1 Å². The molecule has 7 heteroatoms. The summed E-state index contributed by atoms with van der Waals surface area (Å²) in [5, 5.41) is 12.6. The zero-order valence-electron chi connectivity index (χ0n) is 16.6. The van der Waals surface area contributed by atoms with Gasteiger partial charge in [-0.05, 0) is 43.4 Å². The van der Waals surface area contributed by atoms with Gasteiger partial charge in [0, 0.05) is 57.7 Å². The predicted molar refractivity (Wildman–Crippen MR) is 109 cm³/mol. The molecule has 1 aliphatic rings. The normalized spacial score (nSPS) is 18.0. The van der Waals surface area contributed by atoms with Gasteiger partial charge in [-0.1, -0.05) is 18.2 Å². The van der Waals surface area contributed by atoms with Gasteiger partial charge in [-0.25, -0.2) is 4.79 Å². The van der Waals surface area contributed by atoms with Crippen LogP contribution >= 0.6 is 0 Å². The molecule has 2 N–H and O–H groups in total. The molecule has 1 saturated heterocycles. The molecule has 28 heavy (non-hydrogen) atoms. The van der Waals surface area contributed by atoms with Gasteiger partial charge in [0.2, 0.25) is 0 Å². The van der Waals surface area contributed by atoms with Crippen LogP contribution in [0.5, 0.6) is 5.75 Å². The summed E-state index contributed by atoms with van der Waals surface area (Å²) in [6.45, 7) is 4.54. The Morgan fingerprint density at radius 3 is 2.64 bits per heavy atom. The largest absolute Gasteiger partial charge is 0.508 e. The van der Waals surface area contributed by atoms with E-state index in [0.717, 1.165) is 30.8 Å². The van der Waals surface area contributed by atoms with E-state index >= 15 is 0 Å². The average Bonchev–Trinajstić information content (AvgIpc) is 2.70. The second-order valence-corrected chi connectivity index (χ2v) is 7.47. The van der Waals surface area contributed by atoms with Gasteiger partial charge in [-0.3, -0.25) is 9.88 Å². The lowest BCUT2D eigenvalue weighted by Gasteiger charge is -2.38. The molecule has 0 spiro atoms. The van der Waals surface area contributed by atoms with E-state index in [9.17, 15) is 9.90 Å². The fourth-order valence-electron chi connectivity index (χ4n) is 3.37. The van der Waals surface area contributed by atoms with E-state index in [1.54, 1.807) is 29.4 Å². The fraction of sp³-hybridized carbons (Fsp3) is 0.429. The van der Waals surface area contributed by atoms with Gasteiger partial charge in [0.05, 0.1) is 0 Å². The third-order valence-corrected chi connectivity index (χ3v) is 5.16. The number of aromatic nitrogens is 1. The molecule has 0 aliphatic carbocycles. The van der Waals surface area contributed by atoms with Crippen molar-refractivity contribution in [2.75, 3.05) is 40.3 Å². The second-order valence-electron chi connectivity index (χ2n) is 7.47. The van der Waals surface area contributed by atoms with Crippen molar-refractivity contribution < 1.29 is 9.90 Å². The Morgan fingerprint density at radius 1 is 1.18 bits per heavy atom. The first-order valence-corrected chi connectivity index (χ1v) is 9.59. The van der Waals surface area contributed by atoms with Crippen molar-refractivity contribution in [2.45, 2.75) is 19.1 Å². The SMILES string of the molecule is CN1CCN(C)[C@@H](CNC(=O)N(Cc2ccc(O)cc2)Cc2cccnc2)C1. The van der Waals surface area contributed by atoms with Crippen molar-refractivity contribution in [3.8, 4) is 5.75 Å². The zero-order valence-corrected chi connectivity index (χ0v) is 16.6. The fourth-order valence-corrected chi connectivity index (χ4v) is 3.37. The number of amides is 2. The molecule has 1 aromatic carbocycles. The van der Waals surface area contributed by atoms with Crippen LogP contribution in [-0.2, 0) is 13.1 Å². The molecule has 150 valence electrons. The highest BCUT2D eigenvalue weighted by Crippen LogP contribution is 2.14. The average molecular weight is 383 g/mol. The number of phenols is 1. The Hall–Kier alpha value is -2.64. The third kappa shape index (κ3) is 5.68.